The third-order valence-electron chi connectivity index (χ3n) is 3.59. The molecule has 2 rings (SSSR count). The van der Waals surface area contributed by atoms with Crippen LogP contribution >= 0.6 is 0 Å². The summed E-state index contributed by atoms with van der Waals surface area (Å²) in [5.74, 6) is 0. The van der Waals surface area contributed by atoms with Crippen LogP contribution in [0.5, 0.6) is 0 Å². The molecule has 2 saturated heterocycles. The molecule has 0 aromatic heterocycles. The summed E-state index contributed by atoms with van der Waals surface area (Å²) < 4.78 is 11.2. The number of morpholine rings is 1. The van der Waals surface area contributed by atoms with Crippen LogP contribution in [0.15, 0.2) is 0 Å². The normalized spacial score (nSPS) is 39.2. The van der Waals surface area contributed by atoms with Crippen molar-refractivity contribution in [2.75, 3.05) is 39.5 Å². The Kier molecular flexibility index (Phi) is 3.61. The number of nitrogens with two attached hydrogens (primary N) is 1. The van der Waals surface area contributed by atoms with Gasteiger partial charge in [0.15, 0.2) is 0 Å². The Bertz CT molecular complexity index is 205. The van der Waals surface area contributed by atoms with Crippen LogP contribution in [0.4, 0.5) is 0 Å². The van der Waals surface area contributed by atoms with E-state index in [1.165, 1.54) is 0 Å². The summed E-state index contributed by atoms with van der Waals surface area (Å²) in [4.78, 5) is 2.47. The van der Waals surface area contributed by atoms with Gasteiger partial charge in [0.25, 0.3) is 0 Å². The molecule has 0 aromatic rings. The van der Waals surface area contributed by atoms with Crippen molar-refractivity contribution in [2.24, 2.45) is 5.73 Å². The highest BCUT2D eigenvalue weighted by molar-refractivity contribution is 4.95. The molecule has 0 radical (unpaired) electrons. The average Bonchev–Trinajstić information content (AvgIpc) is 2.30. The third kappa shape index (κ3) is 2.33. The van der Waals surface area contributed by atoms with Crippen LogP contribution in [-0.2, 0) is 9.47 Å². The first-order valence-electron chi connectivity index (χ1n) is 5.91. The van der Waals surface area contributed by atoms with Crippen molar-refractivity contribution in [2.45, 2.75) is 31.4 Å². The summed E-state index contributed by atoms with van der Waals surface area (Å²) in [5, 5.41) is 0. The second kappa shape index (κ2) is 4.78. The quantitative estimate of drug-likeness (QED) is 0.714. The van der Waals surface area contributed by atoms with Gasteiger partial charge in [-0.3, -0.25) is 4.90 Å². The molecule has 2 N–H and O–H groups in total. The van der Waals surface area contributed by atoms with E-state index in [4.69, 9.17) is 15.2 Å². The molecule has 0 spiro atoms. The maximum absolute atomic E-state index is 5.95. The molecular weight excluding hydrogens is 192 g/mol. The van der Waals surface area contributed by atoms with Gasteiger partial charge in [0.05, 0.1) is 24.9 Å². The highest BCUT2D eigenvalue weighted by Gasteiger charge is 2.39. The van der Waals surface area contributed by atoms with Crippen LogP contribution in [-0.4, -0.2) is 56.0 Å². The first-order valence-corrected chi connectivity index (χ1v) is 5.91. The highest BCUT2D eigenvalue weighted by atomic mass is 16.5. The van der Waals surface area contributed by atoms with Crippen LogP contribution < -0.4 is 5.73 Å². The molecule has 2 unspecified atom stereocenters. The third-order valence-corrected chi connectivity index (χ3v) is 3.59. The van der Waals surface area contributed by atoms with Gasteiger partial charge in [-0.15, -0.1) is 0 Å². The van der Waals surface area contributed by atoms with E-state index in [1.807, 2.05) is 0 Å². The molecule has 0 aromatic carbocycles. The molecule has 2 heterocycles. The van der Waals surface area contributed by atoms with Crippen molar-refractivity contribution in [1.29, 1.82) is 0 Å². The molecule has 4 nitrogen and oxygen atoms in total. The fourth-order valence-electron chi connectivity index (χ4n) is 2.63. The summed E-state index contributed by atoms with van der Waals surface area (Å²) >= 11 is 0. The second-order valence-corrected chi connectivity index (χ2v) is 4.71. The lowest BCUT2D eigenvalue weighted by molar-refractivity contribution is -0.103. The lowest BCUT2D eigenvalue weighted by atomic mass is 9.89. The average molecular weight is 214 g/mol. The molecule has 2 aliphatic rings. The molecule has 88 valence electrons. The lowest BCUT2D eigenvalue weighted by Gasteiger charge is -2.48. The van der Waals surface area contributed by atoms with E-state index in [0.29, 0.717) is 12.6 Å². The zero-order valence-electron chi connectivity index (χ0n) is 9.58. The van der Waals surface area contributed by atoms with Crippen LogP contribution in [0.3, 0.4) is 0 Å². The molecule has 0 saturated carbocycles. The van der Waals surface area contributed by atoms with Gasteiger partial charge in [-0.05, 0) is 19.8 Å². The first-order chi connectivity index (χ1) is 7.27. The molecule has 0 aliphatic carbocycles. The van der Waals surface area contributed by atoms with Crippen molar-refractivity contribution >= 4 is 0 Å². The van der Waals surface area contributed by atoms with Crippen molar-refractivity contribution < 1.29 is 9.47 Å². The van der Waals surface area contributed by atoms with E-state index < -0.39 is 0 Å². The Morgan fingerprint density at radius 1 is 1.47 bits per heavy atom. The van der Waals surface area contributed by atoms with Gasteiger partial charge in [-0.1, -0.05) is 0 Å². The predicted octanol–water partition coefficient (Wildman–Crippen LogP) is 0.215. The second-order valence-electron chi connectivity index (χ2n) is 4.71. The Morgan fingerprint density at radius 3 is 2.93 bits per heavy atom. The first kappa shape index (κ1) is 11.3. The maximum atomic E-state index is 5.95. The summed E-state index contributed by atoms with van der Waals surface area (Å²) in [6, 6.07) is 0. The number of hydrogen-bond acceptors (Lipinski definition) is 4. The molecule has 0 amide bonds. The number of hydrogen-bond donors (Lipinski definition) is 1. The van der Waals surface area contributed by atoms with Gasteiger partial charge in [-0.25, -0.2) is 0 Å². The van der Waals surface area contributed by atoms with E-state index in [2.05, 4.69) is 11.8 Å². The van der Waals surface area contributed by atoms with E-state index >= 15 is 0 Å². The molecule has 4 heteroatoms. The zero-order chi connectivity index (χ0) is 10.7. The standard InChI is InChI=1S/C11H22N2O2/c1-10-7-13(4-6-15-10)11(8-12)3-2-5-14-9-11/h10H,2-9,12H2,1H3. The summed E-state index contributed by atoms with van der Waals surface area (Å²) in [5.41, 5.74) is 6.03. The van der Waals surface area contributed by atoms with Crippen molar-refractivity contribution in [3.8, 4) is 0 Å². The molecule has 0 bridgehead atoms. The van der Waals surface area contributed by atoms with E-state index in [1.54, 1.807) is 0 Å². The van der Waals surface area contributed by atoms with E-state index in [9.17, 15) is 0 Å². The lowest BCUT2D eigenvalue weighted by Crippen LogP contribution is -2.62. The Balaban J connectivity index is 2.03. The maximum Gasteiger partial charge on any atom is 0.0674 e. The summed E-state index contributed by atoms with van der Waals surface area (Å²) in [6.07, 6.45) is 2.61. The number of nitrogens with zero attached hydrogens (tertiary/aromatic N) is 1. The Hall–Kier alpha value is -0.160. The van der Waals surface area contributed by atoms with Crippen LogP contribution in [0, 0.1) is 0 Å². The van der Waals surface area contributed by atoms with Crippen LogP contribution in [0.1, 0.15) is 19.8 Å². The Morgan fingerprint density at radius 2 is 2.33 bits per heavy atom. The highest BCUT2D eigenvalue weighted by Crippen LogP contribution is 2.27. The van der Waals surface area contributed by atoms with E-state index in [0.717, 1.165) is 45.8 Å². The van der Waals surface area contributed by atoms with Gasteiger partial charge >= 0.3 is 0 Å². The minimum Gasteiger partial charge on any atom is -0.379 e. The van der Waals surface area contributed by atoms with Crippen molar-refractivity contribution in [1.82, 2.24) is 4.90 Å². The van der Waals surface area contributed by atoms with Gasteiger partial charge in [-0.2, -0.15) is 0 Å². The van der Waals surface area contributed by atoms with Crippen molar-refractivity contribution in [3.63, 3.8) is 0 Å². The molecule has 2 fully saturated rings. The van der Waals surface area contributed by atoms with Gasteiger partial charge < -0.3 is 15.2 Å². The minimum atomic E-state index is 0.0797. The van der Waals surface area contributed by atoms with Crippen LogP contribution in [0.2, 0.25) is 0 Å². The van der Waals surface area contributed by atoms with Gasteiger partial charge in [0.1, 0.15) is 0 Å². The molecule has 2 atom stereocenters. The largest absolute Gasteiger partial charge is 0.379 e. The zero-order valence-corrected chi connectivity index (χ0v) is 9.58. The predicted molar refractivity (Wildman–Crippen MR) is 58.8 cm³/mol. The molecule has 15 heavy (non-hydrogen) atoms. The fourth-order valence-corrected chi connectivity index (χ4v) is 2.63. The topological polar surface area (TPSA) is 47.7 Å². The smallest absolute Gasteiger partial charge is 0.0674 e. The summed E-state index contributed by atoms with van der Waals surface area (Å²) in [7, 11) is 0. The molecule has 2 aliphatic heterocycles. The van der Waals surface area contributed by atoms with Gasteiger partial charge in [0.2, 0.25) is 0 Å². The fraction of sp³-hybridized carbons (Fsp3) is 1.00. The molecular formula is C11H22N2O2. The van der Waals surface area contributed by atoms with E-state index in [-0.39, 0.29) is 5.54 Å². The SMILES string of the molecule is CC1CN(C2(CN)CCCOC2)CCO1. The summed E-state index contributed by atoms with van der Waals surface area (Å²) in [6.45, 7) is 7.30. The number of rotatable bonds is 2. The Labute approximate surface area is 91.7 Å². The van der Waals surface area contributed by atoms with Crippen LogP contribution in [0.25, 0.3) is 0 Å². The minimum absolute atomic E-state index is 0.0797. The van der Waals surface area contributed by atoms with Gasteiger partial charge in [0, 0.05) is 26.2 Å². The number of ether oxygens (including phenoxy) is 2. The van der Waals surface area contributed by atoms with Crippen molar-refractivity contribution in [3.05, 3.63) is 0 Å². The monoisotopic (exact) mass is 214 g/mol.